The molecule has 2 aromatic carbocycles. The molecule has 5 nitrogen and oxygen atoms in total. The number of carbonyl (C=O) groups excluding carboxylic acids is 2. The van der Waals surface area contributed by atoms with E-state index in [1.54, 1.807) is 42.5 Å². The highest BCUT2D eigenvalue weighted by atomic mass is 16.5. The Morgan fingerprint density at radius 2 is 1.91 bits per heavy atom. The van der Waals surface area contributed by atoms with Crippen molar-refractivity contribution in [1.29, 1.82) is 0 Å². The minimum Gasteiger partial charge on any atom is -0.508 e. The Morgan fingerprint density at radius 3 is 2.74 bits per heavy atom. The van der Waals surface area contributed by atoms with Gasteiger partial charge in [-0.15, -0.1) is 0 Å². The Balaban J connectivity index is 1.59. The average molecular weight is 311 g/mol. The maximum Gasteiger partial charge on any atom is 0.221 e. The molecule has 0 fully saturated rings. The standard InChI is InChI=1S/C18H17NO4/c20-15-7-3-1-5-12(15)9-10-17(21)19-14-11-23-16-8-4-2-6-13(16)18(14)22/h1-8,14,20H,9-11H2,(H,19,21). The number of para-hydroxylation sites is 2. The lowest BCUT2D eigenvalue weighted by Gasteiger charge is -2.24. The molecule has 0 radical (unpaired) electrons. The van der Waals surface area contributed by atoms with Crippen molar-refractivity contribution in [2.75, 3.05) is 6.61 Å². The molecule has 1 unspecified atom stereocenters. The van der Waals surface area contributed by atoms with Gasteiger partial charge in [0.05, 0.1) is 5.56 Å². The van der Waals surface area contributed by atoms with E-state index in [9.17, 15) is 14.7 Å². The third kappa shape index (κ3) is 3.34. The number of fused-ring (bicyclic) bond motifs is 1. The first-order valence-corrected chi connectivity index (χ1v) is 7.47. The molecular weight excluding hydrogens is 294 g/mol. The summed E-state index contributed by atoms with van der Waals surface area (Å²) in [6.45, 7) is 0.137. The van der Waals surface area contributed by atoms with Crippen molar-refractivity contribution in [3.63, 3.8) is 0 Å². The Hall–Kier alpha value is -2.82. The second kappa shape index (κ2) is 6.52. The monoisotopic (exact) mass is 311 g/mol. The van der Waals surface area contributed by atoms with Crippen LogP contribution in [0.1, 0.15) is 22.3 Å². The van der Waals surface area contributed by atoms with E-state index in [2.05, 4.69) is 5.32 Å². The maximum atomic E-state index is 12.3. The van der Waals surface area contributed by atoms with Crippen LogP contribution in [0.4, 0.5) is 0 Å². The molecule has 0 saturated heterocycles. The number of aromatic hydroxyl groups is 1. The van der Waals surface area contributed by atoms with Crippen LogP contribution >= 0.6 is 0 Å². The molecule has 118 valence electrons. The lowest BCUT2D eigenvalue weighted by molar-refractivity contribution is -0.121. The highest BCUT2D eigenvalue weighted by Crippen LogP contribution is 2.24. The average Bonchev–Trinajstić information content (AvgIpc) is 2.57. The third-order valence-electron chi connectivity index (χ3n) is 3.82. The van der Waals surface area contributed by atoms with E-state index in [-0.39, 0.29) is 30.5 Å². The van der Waals surface area contributed by atoms with Gasteiger partial charge in [0.25, 0.3) is 0 Å². The van der Waals surface area contributed by atoms with Gasteiger partial charge >= 0.3 is 0 Å². The summed E-state index contributed by atoms with van der Waals surface area (Å²) in [6.07, 6.45) is 0.611. The normalized spacial score (nSPS) is 16.3. The fourth-order valence-corrected chi connectivity index (χ4v) is 2.58. The largest absolute Gasteiger partial charge is 0.508 e. The Bertz CT molecular complexity index is 741. The van der Waals surface area contributed by atoms with Crippen LogP contribution in [-0.4, -0.2) is 29.4 Å². The molecule has 2 aromatic rings. The summed E-state index contributed by atoms with van der Waals surface area (Å²) in [7, 11) is 0. The van der Waals surface area contributed by atoms with Gasteiger partial charge in [-0.25, -0.2) is 0 Å². The summed E-state index contributed by atoms with van der Waals surface area (Å²) >= 11 is 0. The number of phenolic OH excluding ortho intramolecular Hbond substituents is 1. The van der Waals surface area contributed by atoms with Crippen molar-refractivity contribution in [3.8, 4) is 11.5 Å². The van der Waals surface area contributed by atoms with Gasteiger partial charge < -0.3 is 15.2 Å². The molecule has 0 aromatic heterocycles. The lowest BCUT2D eigenvalue weighted by atomic mass is 10.0. The van der Waals surface area contributed by atoms with Gasteiger partial charge in [-0.2, -0.15) is 0 Å². The highest BCUT2D eigenvalue weighted by molar-refractivity contribution is 6.04. The number of amides is 1. The predicted molar refractivity (Wildman–Crippen MR) is 84.6 cm³/mol. The molecule has 2 N–H and O–H groups in total. The van der Waals surface area contributed by atoms with Gasteiger partial charge in [0, 0.05) is 6.42 Å². The SMILES string of the molecule is O=C(CCc1ccccc1O)NC1COc2ccccc2C1=O. The Labute approximate surface area is 133 Å². The number of hydrogen-bond acceptors (Lipinski definition) is 4. The van der Waals surface area contributed by atoms with E-state index in [0.29, 0.717) is 23.3 Å². The fraction of sp³-hybridized carbons (Fsp3) is 0.222. The zero-order valence-corrected chi connectivity index (χ0v) is 12.5. The van der Waals surface area contributed by atoms with Crippen LogP contribution < -0.4 is 10.1 Å². The zero-order chi connectivity index (χ0) is 16.2. The van der Waals surface area contributed by atoms with Crippen LogP contribution in [0.3, 0.4) is 0 Å². The van der Waals surface area contributed by atoms with Crippen LogP contribution in [0, 0.1) is 0 Å². The number of rotatable bonds is 4. The predicted octanol–water partition coefficient (Wildman–Crippen LogP) is 2.08. The second-order valence-corrected chi connectivity index (χ2v) is 5.42. The van der Waals surface area contributed by atoms with Crippen molar-refractivity contribution >= 4 is 11.7 Å². The van der Waals surface area contributed by atoms with E-state index in [0.717, 1.165) is 0 Å². The van der Waals surface area contributed by atoms with E-state index in [1.165, 1.54) is 0 Å². The number of nitrogens with one attached hydrogen (secondary N) is 1. The smallest absolute Gasteiger partial charge is 0.221 e. The molecule has 1 amide bonds. The van der Waals surface area contributed by atoms with Crippen molar-refractivity contribution < 1.29 is 19.4 Å². The molecule has 1 aliphatic heterocycles. The van der Waals surface area contributed by atoms with Crippen molar-refractivity contribution in [1.82, 2.24) is 5.32 Å². The number of phenols is 1. The molecule has 1 aliphatic rings. The number of Topliss-reactive ketones (excluding diaryl/α,β-unsaturated/α-hetero) is 1. The van der Waals surface area contributed by atoms with Gasteiger partial charge in [-0.05, 0) is 30.2 Å². The minimum absolute atomic E-state index is 0.136. The van der Waals surface area contributed by atoms with Crippen molar-refractivity contribution in [2.45, 2.75) is 18.9 Å². The quantitative estimate of drug-likeness (QED) is 0.906. The molecule has 23 heavy (non-hydrogen) atoms. The summed E-state index contributed by atoms with van der Waals surface area (Å²) in [5, 5.41) is 12.4. The summed E-state index contributed by atoms with van der Waals surface area (Å²) in [5.74, 6) is 0.348. The first-order valence-electron chi connectivity index (χ1n) is 7.47. The fourth-order valence-electron chi connectivity index (χ4n) is 2.58. The van der Waals surface area contributed by atoms with E-state index < -0.39 is 6.04 Å². The summed E-state index contributed by atoms with van der Waals surface area (Å²) in [6, 6.07) is 13.2. The molecule has 0 saturated carbocycles. The van der Waals surface area contributed by atoms with Gasteiger partial charge in [0.2, 0.25) is 5.91 Å². The van der Waals surface area contributed by atoms with E-state index in [1.807, 2.05) is 6.07 Å². The Morgan fingerprint density at radius 1 is 1.17 bits per heavy atom. The summed E-state index contributed by atoms with van der Waals surface area (Å²) in [5.41, 5.74) is 1.20. The summed E-state index contributed by atoms with van der Waals surface area (Å²) < 4.78 is 5.51. The second-order valence-electron chi connectivity index (χ2n) is 5.42. The number of ketones is 1. The van der Waals surface area contributed by atoms with Crippen LogP contribution in [0.25, 0.3) is 0 Å². The van der Waals surface area contributed by atoms with Crippen molar-refractivity contribution in [2.24, 2.45) is 0 Å². The van der Waals surface area contributed by atoms with Crippen LogP contribution in [-0.2, 0) is 11.2 Å². The topological polar surface area (TPSA) is 75.6 Å². The van der Waals surface area contributed by atoms with Gasteiger partial charge in [0.15, 0.2) is 5.78 Å². The highest BCUT2D eigenvalue weighted by Gasteiger charge is 2.29. The first kappa shape index (κ1) is 15.1. The number of aryl methyl sites for hydroxylation is 1. The van der Waals surface area contributed by atoms with Gasteiger partial charge in [-0.3, -0.25) is 9.59 Å². The Kier molecular flexibility index (Phi) is 4.28. The number of carbonyl (C=O) groups is 2. The molecule has 3 rings (SSSR count). The first-order chi connectivity index (χ1) is 11.1. The molecule has 5 heteroatoms. The van der Waals surface area contributed by atoms with Crippen molar-refractivity contribution in [3.05, 3.63) is 59.7 Å². The van der Waals surface area contributed by atoms with Crippen LogP contribution in [0.2, 0.25) is 0 Å². The molecule has 0 spiro atoms. The molecule has 1 atom stereocenters. The van der Waals surface area contributed by atoms with E-state index >= 15 is 0 Å². The van der Waals surface area contributed by atoms with Crippen LogP contribution in [0.5, 0.6) is 11.5 Å². The summed E-state index contributed by atoms with van der Waals surface area (Å²) in [4.78, 5) is 24.4. The van der Waals surface area contributed by atoms with E-state index in [4.69, 9.17) is 4.74 Å². The maximum absolute atomic E-state index is 12.3. The molecule has 0 aliphatic carbocycles. The van der Waals surface area contributed by atoms with Gasteiger partial charge in [-0.1, -0.05) is 30.3 Å². The number of benzene rings is 2. The van der Waals surface area contributed by atoms with Crippen LogP contribution in [0.15, 0.2) is 48.5 Å². The molecule has 0 bridgehead atoms. The van der Waals surface area contributed by atoms with Gasteiger partial charge in [0.1, 0.15) is 24.1 Å². The molecule has 1 heterocycles. The lowest BCUT2D eigenvalue weighted by Crippen LogP contribution is -2.47. The third-order valence-corrected chi connectivity index (χ3v) is 3.82. The zero-order valence-electron chi connectivity index (χ0n) is 12.5. The number of hydrogen-bond donors (Lipinski definition) is 2. The number of ether oxygens (including phenoxy) is 1. The minimum atomic E-state index is -0.665. The molecular formula is C18H17NO4.